The third kappa shape index (κ3) is 3.72. The molecule has 8 heteroatoms. The normalized spacial score (nSPS) is 10.6. The Morgan fingerprint density at radius 1 is 1.12 bits per heavy atom. The molecule has 0 aliphatic carbocycles. The van der Waals surface area contributed by atoms with Crippen LogP contribution < -0.4 is 5.32 Å². The highest BCUT2D eigenvalue weighted by Crippen LogP contribution is 2.32. The van der Waals surface area contributed by atoms with Gasteiger partial charge in [0.25, 0.3) is 0 Å². The molecule has 0 radical (unpaired) electrons. The topological polar surface area (TPSA) is 89.9 Å². The fourth-order valence-electron chi connectivity index (χ4n) is 1.92. The van der Waals surface area contributed by atoms with Gasteiger partial charge in [0.15, 0.2) is 5.13 Å². The summed E-state index contributed by atoms with van der Waals surface area (Å²) in [6, 6.07) is 7.16. The van der Waals surface area contributed by atoms with E-state index in [9.17, 15) is 4.79 Å². The number of ether oxygens (including phenoxy) is 1. The van der Waals surface area contributed by atoms with E-state index >= 15 is 0 Å². The van der Waals surface area contributed by atoms with Gasteiger partial charge in [-0.25, -0.2) is 19.7 Å². The van der Waals surface area contributed by atoms with Gasteiger partial charge in [0, 0.05) is 18.6 Å². The summed E-state index contributed by atoms with van der Waals surface area (Å²) in [6.45, 7) is 3.60. The van der Waals surface area contributed by atoms with Crippen LogP contribution in [0, 0.1) is 0 Å². The highest BCUT2D eigenvalue weighted by molar-refractivity contribution is 7.18. The number of anilines is 2. The van der Waals surface area contributed by atoms with Crippen LogP contribution in [0.15, 0.2) is 42.9 Å². The van der Waals surface area contributed by atoms with Crippen molar-refractivity contribution in [2.24, 2.45) is 0 Å². The summed E-state index contributed by atoms with van der Waals surface area (Å²) in [6.07, 6.45) is 4.68. The molecule has 3 aromatic rings. The summed E-state index contributed by atoms with van der Waals surface area (Å²) in [7, 11) is 0. The lowest BCUT2D eigenvalue weighted by Crippen LogP contribution is -2.11. The molecule has 0 aromatic carbocycles. The number of aromatic nitrogens is 4. The largest absolute Gasteiger partial charge is 0.459 e. The van der Waals surface area contributed by atoms with Gasteiger partial charge in [0.2, 0.25) is 5.95 Å². The number of nitrogens with zero attached hydrogens (tertiary/aromatic N) is 4. The smallest absolute Gasteiger partial charge is 0.351 e. The summed E-state index contributed by atoms with van der Waals surface area (Å²) < 4.78 is 5.31. The van der Waals surface area contributed by atoms with Gasteiger partial charge < -0.3 is 10.1 Å². The van der Waals surface area contributed by atoms with Crippen molar-refractivity contribution in [2.45, 2.75) is 20.0 Å². The Hall–Kier alpha value is -2.87. The number of thiazole rings is 1. The van der Waals surface area contributed by atoms with Crippen LogP contribution in [-0.4, -0.2) is 32.0 Å². The first-order chi connectivity index (χ1) is 11.6. The zero-order valence-electron chi connectivity index (χ0n) is 13.1. The number of hydrogen-bond donors (Lipinski definition) is 1. The minimum Gasteiger partial charge on any atom is -0.459 e. The molecule has 0 unspecified atom stereocenters. The fourth-order valence-corrected chi connectivity index (χ4v) is 2.77. The van der Waals surface area contributed by atoms with Crippen LogP contribution in [0.1, 0.15) is 23.5 Å². The third-order valence-corrected chi connectivity index (χ3v) is 3.80. The Kier molecular flexibility index (Phi) is 4.76. The highest BCUT2D eigenvalue weighted by atomic mass is 32.1. The van der Waals surface area contributed by atoms with Gasteiger partial charge in [0.1, 0.15) is 10.6 Å². The SMILES string of the molecule is CC(C)OC(=O)c1sc(Nc2ncccn2)nc1-c1ccccn1. The van der Waals surface area contributed by atoms with Gasteiger partial charge in [-0.2, -0.15) is 0 Å². The molecular weight excluding hydrogens is 326 g/mol. The average Bonchev–Trinajstić information content (AvgIpc) is 3.00. The lowest BCUT2D eigenvalue weighted by atomic mass is 10.2. The van der Waals surface area contributed by atoms with E-state index < -0.39 is 5.97 Å². The van der Waals surface area contributed by atoms with Crippen molar-refractivity contribution in [3.63, 3.8) is 0 Å². The summed E-state index contributed by atoms with van der Waals surface area (Å²) in [5, 5.41) is 3.49. The second-order valence-electron chi connectivity index (χ2n) is 5.06. The molecule has 3 heterocycles. The minimum atomic E-state index is -0.426. The standard InChI is InChI=1S/C16H15N5O2S/c1-10(2)23-14(22)13-12(11-6-3-4-7-17-11)20-16(24-13)21-15-18-8-5-9-19-15/h3-10H,1-2H3,(H,18,19,20,21). The van der Waals surface area contributed by atoms with E-state index in [0.717, 1.165) is 0 Å². The number of pyridine rings is 1. The van der Waals surface area contributed by atoms with Crippen molar-refractivity contribution in [3.8, 4) is 11.4 Å². The number of carbonyl (C=O) groups excluding carboxylic acids is 1. The monoisotopic (exact) mass is 341 g/mol. The van der Waals surface area contributed by atoms with Crippen molar-refractivity contribution >= 4 is 28.4 Å². The maximum Gasteiger partial charge on any atom is 0.351 e. The van der Waals surface area contributed by atoms with Crippen LogP contribution in [-0.2, 0) is 4.74 Å². The first-order valence-electron chi connectivity index (χ1n) is 7.30. The van der Waals surface area contributed by atoms with Gasteiger partial charge in [-0.05, 0) is 32.0 Å². The molecule has 0 saturated carbocycles. The second-order valence-corrected chi connectivity index (χ2v) is 6.06. The molecule has 3 rings (SSSR count). The molecular formula is C16H15N5O2S. The van der Waals surface area contributed by atoms with Gasteiger partial charge in [-0.1, -0.05) is 17.4 Å². The molecule has 7 nitrogen and oxygen atoms in total. The van der Waals surface area contributed by atoms with Crippen LogP contribution in [0.5, 0.6) is 0 Å². The number of carbonyl (C=O) groups is 1. The number of hydrogen-bond acceptors (Lipinski definition) is 8. The van der Waals surface area contributed by atoms with E-state index in [0.29, 0.717) is 27.3 Å². The first kappa shape index (κ1) is 16.0. The molecule has 0 aliphatic heterocycles. The van der Waals surface area contributed by atoms with E-state index in [4.69, 9.17) is 4.74 Å². The maximum atomic E-state index is 12.4. The van der Waals surface area contributed by atoms with Crippen molar-refractivity contribution in [2.75, 3.05) is 5.32 Å². The third-order valence-electron chi connectivity index (χ3n) is 2.85. The highest BCUT2D eigenvalue weighted by Gasteiger charge is 2.22. The molecule has 122 valence electrons. The molecule has 24 heavy (non-hydrogen) atoms. The fraction of sp³-hybridized carbons (Fsp3) is 0.188. The summed E-state index contributed by atoms with van der Waals surface area (Å²) >= 11 is 1.18. The van der Waals surface area contributed by atoms with E-state index in [1.165, 1.54) is 11.3 Å². The molecule has 0 bridgehead atoms. The lowest BCUT2D eigenvalue weighted by molar-refractivity contribution is 0.0384. The van der Waals surface area contributed by atoms with Crippen LogP contribution >= 0.6 is 11.3 Å². The number of nitrogens with one attached hydrogen (secondary N) is 1. The second kappa shape index (κ2) is 7.14. The Morgan fingerprint density at radius 3 is 2.54 bits per heavy atom. The zero-order chi connectivity index (χ0) is 16.9. The molecule has 0 atom stereocenters. The Balaban J connectivity index is 1.97. The van der Waals surface area contributed by atoms with E-state index in [1.807, 2.05) is 6.07 Å². The zero-order valence-corrected chi connectivity index (χ0v) is 13.9. The average molecular weight is 341 g/mol. The first-order valence-corrected chi connectivity index (χ1v) is 8.12. The molecule has 0 spiro atoms. The van der Waals surface area contributed by atoms with Crippen LogP contribution in [0.3, 0.4) is 0 Å². The predicted octanol–water partition coefficient (Wildman–Crippen LogP) is 3.30. The van der Waals surface area contributed by atoms with Crippen molar-refractivity contribution in [3.05, 3.63) is 47.7 Å². The van der Waals surface area contributed by atoms with Crippen LogP contribution in [0.25, 0.3) is 11.4 Å². The lowest BCUT2D eigenvalue weighted by Gasteiger charge is -2.06. The predicted molar refractivity (Wildman–Crippen MR) is 91.2 cm³/mol. The van der Waals surface area contributed by atoms with Crippen molar-refractivity contribution in [1.82, 2.24) is 19.9 Å². The van der Waals surface area contributed by atoms with Gasteiger partial charge >= 0.3 is 5.97 Å². The molecule has 0 saturated heterocycles. The Bertz CT molecular complexity index is 821. The Morgan fingerprint density at radius 2 is 1.88 bits per heavy atom. The molecule has 0 amide bonds. The Labute approximate surface area is 142 Å². The van der Waals surface area contributed by atoms with Crippen LogP contribution in [0.2, 0.25) is 0 Å². The molecule has 1 N–H and O–H groups in total. The molecule has 3 aromatic heterocycles. The van der Waals surface area contributed by atoms with Gasteiger partial charge in [-0.15, -0.1) is 0 Å². The maximum absolute atomic E-state index is 12.4. The van der Waals surface area contributed by atoms with Crippen molar-refractivity contribution in [1.29, 1.82) is 0 Å². The van der Waals surface area contributed by atoms with Gasteiger partial charge in [0.05, 0.1) is 11.8 Å². The number of rotatable bonds is 5. The quantitative estimate of drug-likeness (QED) is 0.712. The van der Waals surface area contributed by atoms with Crippen molar-refractivity contribution < 1.29 is 9.53 Å². The molecule has 0 aliphatic rings. The summed E-state index contributed by atoms with van der Waals surface area (Å²) in [5.74, 6) is -0.0206. The summed E-state index contributed by atoms with van der Waals surface area (Å²) in [4.78, 5) is 29.7. The summed E-state index contributed by atoms with van der Waals surface area (Å²) in [5.41, 5.74) is 1.08. The minimum absolute atomic E-state index is 0.218. The van der Waals surface area contributed by atoms with Gasteiger partial charge in [-0.3, -0.25) is 4.98 Å². The van der Waals surface area contributed by atoms with E-state index in [1.54, 1.807) is 50.6 Å². The van der Waals surface area contributed by atoms with E-state index in [-0.39, 0.29) is 6.10 Å². The molecule has 0 fully saturated rings. The van der Waals surface area contributed by atoms with Crippen LogP contribution in [0.4, 0.5) is 11.1 Å². The van der Waals surface area contributed by atoms with E-state index in [2.05, 4.69) is 25.3 Å². The number of esters is 1.